The van der Waals surface area contributed by atoms with Gasteiger partial charge in [-0.1, -0.05) is 23.2 Å². The third-order valence-electron chi connectivity index (χ3n) is 4.68. The van der Waals surface area contributed by atoms with Crippen molar-refractivity contribution in [2.75, 3.05) is 50.0 Å². The van der Waals surface area contributed by atoms with E-state index in [1.165, 1.54) is 16.4 Å². The molecule has 0 amide bonds. The lowest BCUT2D eigenvalue weighted by atomic mass is 10.3. The standard InChI is InChI=1S/C23H26Cl2N4O3S/c1-28(2)15-16-29(33(30,31)21-11-7-19(25)8-12-21)22-4-3-13-26-23(22)27-14-17-32-20-9-5-18(24)6-10-20/h3-13H,14-17H2,1-2H3,(H,26,27). The Balaban J connectivity index is 1.80. The Morgan fingerprint density at radius 1 is 0.939 bits per heavy atom. The number of sulfonamides is 1. The molecule has 0 aliphatic carbocycles. The SMILES string of the molecule is CN(C)CCN(c1cccnc1NCCOc1ccc(Cl)cc1)S(=O)(=O)c1ccc(Cl)cc1. The van der Waals surface area contributed by atoms with Gasteiger partial charge in [-0.15, -0.1) is 0 Å². The van der Waals surface area contributed by atoms with E-state index in [1.54, 1.807) is 54.7 Å². The van der Waals surface area contributed by atoms with E-state index in [0.29, 0.717) is 47.0 Å². The summed E-state index contributed by atoms with van der Waals surface area (Å²) < 4.78 is 34.1. The molecule has 1 aromatic heterocycles. The Hall–Kier alpha value is -2.52. The van der Waals surface area contributed by atoms with Gasteiger partial charge in [0.05, 0.1) is 17.1 Å². The van der Waals surface area contributed by atoms with Crippen molar-refractivity contribution in [1.29, 1.82) is 0 Å². The molecule has 1 N–H and O–H groups in total. The van der Waals surface area contributed by atoms with Gasteiger partial charge >= 0.3 is 0 Å². The van der Waals surface area contributed by atoms with E-state index >= 15 is 0 Å². The fourth-order valence-electron chi connectivity index (χ4n) is 3.00. The van der Waals surface area contributed by atoms with Crippen LogP contribution in [0.15, 0.2) is 71.8 Å². The Bertz CT molecular complexity index is 1140. The van der Waals surface area contributed by atoms with Gasteiger partial charge in [-0.05, 0) is 74.8 Å². The van der Waals surface area contributed by atoms with Crippen molar-refractivity contribution in [3.63, 3.8) is 0 Å². The maximum Gasteiger partial charge on any atom is 0.264 e. The summed E-state index contributed by atoms with van der Waals surface area (Å²) >= 11 is 11.9. The van der Waals surface area contributed by atoms with Crippen molar-refractivity contribution < 1.29 is 13.2 Å². The number of likely N-dealkylation sites (N-methyl/N-ethyl adjacent to an activating group) is 1. The van der Waals surface area contributed by atoms with E-state index in [-0.39, 0.29) is 11.4 Å². The number of rotatable bonds is 11. The van der Waals surface area contributed by atoms with Crippen molar-refractivity contribution in [2.24, 2.45) is 0 Å². The van der Waals surface area contributed by atoms with Gasteiger partial charge in [0.2, 0.25) is 0 Å². The average Bonchev–Trinajstić information content (AvgIpc) is 2.79. The summed E-state index contributed by atoms with van der Waals surface area (Å²) in [5.41, 5.74) is 0.459. The van der Waals surface area contributed by atoms with Crippen molar-refractivity contribution in [1.82, 2.24) is 9.88 Å². The molecule has 3 rings (SSSR count). The Labute approximate surface area is 205 Å². The molecule has 0 aliphatic rings. The molecule has 0 fully saturated rings. The van der Waals surface area contributed by atoms with Crippen molar-refractivity contribution in [2.45, 2.75) is 4.90 Å². The lowest BCUT2D eigenvalue weighted by molar-refractivity contribution is 0.333. The molecule has 2 aromatic carbocycles. The molecule has 0 saturated carbocycles. The largest absolute Gasteiger partial charge is 0.492 e. The molecule has 0 aliphatic heterocycles. The second-order valence-electron chi connectivity index (χ2n) is 7.43. The summed E-state index contributed by atoms with van der Waals surface area (Å²) in [6.45, 7) is 1.56. The summed E-state index contributed by atoms with van der Waals surface area (Å²) in [7, 11) is -0.0575. The summed E-state index contributed by atoms with van der Waals surface area (Å²) in [5, 5.41) is 4.30. The number of pyridine rings is 1. The van der Waals surface area contributed by atoms with E-state index in [9.17, 15) is 8.42 Å². The molecule has 33 heavy (non-hydrogen) atoms. The smallest absolute Gasteiger partial charge is 0.264 e. The van der Waals surface area contributed by atoms with Crippen LogP contribution in [0.5, 0.6) is 5.75 Å². The highest BCUT2D eigenvalue weighted by Gasteiger charge is 2.27. The van der Waals surface area contributed by atoms with Crippen LogP contribution in [-0.2, 0) is 10.0 Å². The number of hydrogen-bond donors (Lipinski definition) is 1. The normalized spacial score (nSPS) is 11.4. The summed E-state index contributed by atoms with van der Waals surface area (Å²) in [4.78, 5) is 6.46. The first-order valence-corrected chi connectivity index (χ1v) is 12.5. The van der Waals surface area contributed by atoms with E-state index in [4.69, 9.17) is 27.9 Å². The Morgan fingerprint density at radius 2 is 1.58 bits per heavy atom. The summed E-state index contributed by atoms with van der Waals surface area (Å²) in [6.07, 6.45) is 1.62. The summed E-state index contributed by atoms with van der Waals surface area (Å²) in [5.74, 6) is 1.15. The highest BCUT2D eigenvalue weighted by molar-refractivity contribution is 7.92. The van der Waals surface area contributed by atoms with Crippen LogP contribution in [-0.4, -0.2) is 58.6 Å². The van der Waals surface area contributed by atoms with Crippen LogP contribution >= 0.6 is 23.2 Å². The zero-order valence-electron chi connectivity index (χ0n) is 18.4. The molecular weight excluding hydrogens is 483 g/mol. The van der Waals surface area contributed by atoms with E-state index in [2.05, 4.69) is 10.3 Å². The van der Waals surface area contributed by atoms with Crippen molar-refractivity contribution >= 4 is 44.7 Å². The minimum atomic E-state index is -3.84. The molecule has 0 unspecified atom stereocenters. The third kappa shape index (κ3) is 6.98. The topological polar surface area (TPSA) is 74.8 Å². The third-order valence-corrected chi connectivity index (χ3v) is 7.02. The zero-order valence-corrected chi connectivity index (χ0v) is 20.7. The number of hydrogen-bond acceptors (Lipinski definition) is 6. The molecule has 0 spiro atoms. The van der Waals surface area contributed by atoms with E-state index < -0.39 is 10.0 Å². The molecule has 0 radical (unpaired) electrons. The molecule has 1 heterocycles. The molecule has 0 atom stereocenters. The molecule has 7 nitrogen and oxygen atoms in total. The highest BCUT2D eigenvalue weighted by Crippen LogP contribution is 2.29. The number of halogens is 2. The molecule has 3 aromatic rings. The average molecular weight is 509 g/mol. The maximum absolute atomic E-state index is 13.5. The summed E-state index contributed by atoms with van der Waals surface area (Å²) in [6, 6.07) is 16.7. The van der Waals surface area contributed by atoms with Crippen LogP contribution in [0.1, 0.15) is 0 Å². The first-order valence-electron chi connectivity index (χ1n) is 10.3. The second kappa shape index (κ2) is 11.6. The van der Waals surface area contributed by atoms with Gasteiger partial charge in [0.25, 0.3) is 10.0 Å². The van der Waals surface area contributed by atoms with Gasteiger partial charge < -0.3 is 15.0 Å². The molecule has 10 heteroatoms. The minimum absolute atomic E-state index is 0.159. The lowest BCUT2D eigenvalue weighted by Crippen LogP contribution is -2.37. The molecule has 176 valence electrons. The molecule has 0 saturated heterocycles. The Morgan fingerprint density at radius 3 is 2.21 bits per heavy atom. The van der Waals surface area contributed by atoms with Gasteiger partial charge in [-0.2, -0.15) is 0 Å². The predicted octanol–water partition coefficient (Wildman–Crippen LogP) is 4.64. The van der Waals surface area contributed by atoms with Gasteiger partial charge in [0, 0.05) is 29.3 Å². The number of anilines is 2. The second-order valence-corrected chi connectivity index (χ2v) is 10.2. The van der Waals surface area contributed by atoms with Crippen molar-refractivity contribution in [3.05, 3.63) is 76.9 Å². The molecular formula is C23H26Cl2N4O3S. The first-order chi connectivity index (χ1) is 15.8. The number of nitrogens with zero attached hydrogens (tertiary/aromatic N) is 3. The first kappa shape index (κ1) is 25.1. The quantitative estimate of drug-likeness (QED) is 0.380. The minimum Gasteiger partial charge on any atom is -0.492 e. The monoisotopic (exact) mass is 508 g/mol. The van der Waals surface area contributed by atoms with Gasteiger partial charge in [0.15, 0.2) is 5.82 Å². The van der Waals surface area contributed by atoms with Crippen LogP contribution in [0.3, 0.4) is 0 Å². The predicted molar refractivity (Wildman–Crippen MR) is 134 cm³/mol. The number of benzene rings is 2. The number of nitrogens with one attached hydrogen (secondary N) is 1. The van der Waals surface area contributed by atoms with Crippen LogP contribution < -0.4 is 14.4 Å². The van der Waals surface area contributed by atoms with E-state index in [0.717, 1.165) is 0 Å². The van der Waals surface area contributed by atoms with Crippen LogP contribution in [0, 0.1) is 0 Å². The van der Waals surface area contributed by atoms with Gasteiger partial charge in [0.1, 0.15) is 12.4 Å². The number of aromatic nitrogens is 1. The van der Waals surface area contributed by atoms with Crippen LogP contribution in [0.25, 0.3) is 0 Å². The van der Waals surface area contributed by atoms with Crippen LogP contribution in [0.4, 0.5) is 11.5 Å². The molecule has 0 bridgehead atoms. The lowest BCUT2D eigenvalue weighted by Gasteiger charge is -2.27. The number of ether oxygens (including phenoxy) is 1. The fourth-order valence-corrected chi connectivity index (χ4v) is 4.71. The van der Waals surface area contributed by atoms with Crippen LogP contribution in [0.2, 0.25) is 10.0 Å². The van der Waals surface area contributed by atoms with Gasteiger partial charge in [-0.3, -0.25) is 4.31 Å². The Kier molecular flexibility index (Phi) is 8.80. The van der Waals surface area contributed by atoms with Crippen molar-refractivity contribution in [3.8, 4) is 5.75 Å². The zero-order chi connectivity index (χ0) is 23.8. The highest BCUT2D eigenvalue weighted by atomic mass is 35.5. The maximum atomic E-state index is 13.5. The fraction of sp³-hybridized carbons (Fsp3) is 0.261. The van der Waals surface area contributed by atoms with Gasteiger partial charge in [-0.25, -0.2) is 13.4 Å². The van der Waals surface area contributed by atoms with E-state index in [1.807, 2.05) is 19.0 Å².